The van der Waals surface area contributed by atoms with E-state index in [2.05, 4.69) is 32.5 Å². The minimum atomic E-state index is -0.151. The second-order valence-corrected chi connectivity index (χ2v) is 7.85. The number of hydrogen-bond donors (Lipinski definition) is 1. The summed E-state index contributed by atoms with van der Waals surface area (Å²) in [6.07, 6.45) is 6.60. The van der Waals surface area contributed by atoms with Crippen molar-refractivity contribution in [3.8, 4) is 0 Å². The summed E-state index contributed by atoms with van der Waals surface area (Å²) >= 11 is 2.06. The van der Waals surface area contributed by atoms with E-state index in [0.29, 0.717) is 5.92 Å². The Kier molecular flexibility index (Phi) is 6.42. The minimum absolute atomic E-state index is 0.116. The molecule has 0 bridgehead atoms. The molecule has 2 N–H and O–H groups in total. The third-order valence-corrected chi connectivity index (χ3v) is 6.66. The van der Waals surface area contributed by atoms with Gasteiger partial charge in [0, 0.05) is 19.3 Å². The molecular weight excluding hydrogens is 282 g/mol. The molecule has 0 aromatic rings. The Morgan fingerprint density at radius 1 is 1.29 bits per heavy atom. The van der Waals surface area contributed by atoms with Gasteiger partial charge in [-0.05, 0) is 62.9 Å². The molecule has 0 aromatic carbocycles. The van der Waals surface area contributed by atoms with Crippen LogP contribution in [0.4, 0.5) is 0 Å². The van der Waals surface area contributed by atoms with Crippen molar-refractivity contribution < 1.29 is 9.47 Å². The van der Waals surface area contributed by atoms with Gasteiger partial charge in [-0.3, -0.25) is 0 Å². The topological polar surface area (TPSA) is 44.5 Å². The van der Waals surface area contributed by atoms with Gasteiger partial charge in [0.1, 0.15) is 0 Å². The van der Waals surface area contributed by atoms with E-state index in [4.69, 9.17) is 15.2 Å². The van der Waals surface area contributed by atoms with E-state index in [1.54, 1.807) is 0 Å². The lowest BCUT2D eigenvalue weighted by molar-refractivity contribution is -0.132. The van der Waals surface area contributed by atoms with Crippen molar-refractivity contribution in [2.75, 3.05) is 24.7 Å². The average Bonchev–Trinajstić information content (AvgIpc) is 2.53. The largest absolute Gasteiger partial charge is 0.375 e. The normalized spacial score (nSPS) is 27.7. The third kappa shape index (κ3) is 3.77. The van der Waals surface area contributed by atoms with E-state index < -0.39 is 0 Å². The predicted octanol–water partition coefficient (Wildman–Crippen LogP) is 3.60. The molecule has 2 aliphatic heterocycles. The first kappa shape index (κ1) is 17.6. The first-order valence-electron chi connectivity index (χ1n) is 8.72. The molecule has 2 saturated heterocycles. The molecule has 0 saturated carbocycles. The summed E-state index contributed by atoms with van der Waals surface area (Å²) in [6, 6.07) is 0.128. The Balaban J connectivity index is 2.08. The van der Waals surface area contributed by atoms with Gasteiger partial charge in [-0.1, -0.05) is 13.8 Å². The Bertz CT molecular complexity index is 308. The Morgan fingerprint density at radius 2 is 1.95 bits per heavy atom. The van der Waals surface area contributed by atoms with Crippen molar-refractivity contribution in [3.63, 3.8) is 0 Å². The molecule has 124 valence electrons. The Morgan fingerprint density at radius 3 is 2.52 bits per heavy atom. The molecule has 2 fully saturated rings. The highest BCUT2D eigenvalue weighted by molar-refractivity contribution is 7.99. The second-order valence-electron chi connectivity index (χ2n) is 6.63. The molecular formula is C17H33NO2S. The van der Waals surface area contributed by atoms with Gasteiger partial charge in [-0.15, -0.1) is 0 Å². The minimum Gasteiger partial charge on any atom is -0.375 e. The van der Waals surface area contributed by atoms with Gasteiger partial charge in [0.2, 0.25) is 0 Å². The van der Waals surface area contributed by atoms with E-state index >= 15 is 0 Å². The standard InChI is InChI=1S/C17H33NO2S/c1-4-17(5-2,19-6-3)15(18)14-7-10-20-16(13-14)8-11-21-12-9-16/h14-15H,4-13,18H2,1-3H3. The first-order chi connectivity index (χ1) is 10.1. The van der Waals surface area contributed by atoms with Gasteiger partial charge >= 0.3 is 0 Å². The van der Waals surface area contributed by atoms with Gasteiger partial charge in [0.25, 0.3) is 0 Å². The van der Waals surface area contributed by atoms with Crippen LogP contribution in [0.25, 0.3) is 0 Å². The molecule has 2 rings (SSSR count). The number of rotatable bonds is 6. The van der Waals surface area contributed by atoms with Crippen LogP contribution in [0.2, 0.25) is 0 Å². The number of nitrogens with two attached hydrogens (primary N) is 1. The van der Waals surface area contributed by atoms with E-state index in [0.717, 1.165) is 38.9 Å². The molecule has 0 radical (unpaired) electrons. The summed E-state index contributed by atoms with van der Waals surface area (Å²) in [5.41, 5.74) is 6.70. The van der Waals surface area contributed by atoms with Gasteiger partial charge in [0.05, 0.1) is 11.2 Å². The molecule has 3 nitrogen and oxygen atoms in total. The number of hydrogen-bond acceptors (Lipinski definition) is 4. The Hall–Kier alpha value is 0.230. The monoisotopic (exact) mass is 315 g/mol. The molecule has 2 heterocycles. The summed E-state index contributed by atoms with van der Waals surface area (Å²) in [6.45, 7) is 8.13. The smallest absolute Gasteiger partial charge is 0.0829 e. The van der Waals surface area contributed by atoms with Crippen molar-refractivity contribution in [2.45, 2.75) is 76.5 Å². The van der Waals surface area contributed by atoms with Crippen LogP contribution in [-0.2, 0) is 9.47 Å². The Labute approximate surface area is 134 Å². The molecule has 2 unspecified atom stereocenters. The molecule has 0 aliphatic carbocycles. The third-order valence-electron chi connectivity index (χ3n) is 5.68. The summed E-state index contributed by atoms with van der Waals surface area (Å²) in [4.78, 5) is 0. The fourth-order valence-corrected chi connectivity index (χ4v) is 5.44. The van der Waals surface area contributed by atoms with Crippen LogP contribution < -0.4 is 5.73 Å². The lowest BCUT2D eigenvalue weighted by Gasteiger charge is -2.48. The zero-order valence-electron chi connectivity index (χ0n) is 14.0. The maximum atomic E-state index is 6.74. The van der Waals surface area contributed by atoms with Gasteiger partial charge in [-0.2, -0.15) is 11.8 Å². The van der Waals surface area contributed by atoms with Crippen LogP contribution in [0.1, 0.15) is 59.3 Å². The van der Waals surface area contributed by atoms with Crippen molar-refractivity contribution in [3.05, 3.63) is 0 Å². The van der Waals surface area contributed by atoms with E-state index in [1.165, 1.54) is 24.3 Å². The number of thioether (sulfide) groups is 1. The summed E-state index contributed by atoms with van der Waals surface area (Å²) in [5, 5.41) is 0. The highest BCUT2D eigenvalue weighted by atomic mass is 32.2. The zero-order chi connectivity index (χ0) is 15.3. The van der Waals surface area contributed by atoms with Crippen LogP contribution in [0.15, 0.2) is 0 Å². The van der Waals surface area contributed by atoms with Gasteiger partial charge < -0.3 is 15.2 Å². The summed E-state index contributed by atoms with van der Waals surface area (Å²) < 4.78 is 12.4. The quantitative estimate of drug-likeness (QED) is 0.813. The van der Waals surface area contributed by atoms with Crippen molar-refractivity contribution in [1.29, 1.82) is 0 Å². The van der Waals surface area contributed by atoms with Crippen molar-refractivity contribution >= 4 is 11.8 Å². The van der Waals surface area contributed by atoms with E-state index in [-0.39, 0.29) is 17.2 Å². The summed E-state index contributed by atoms with van der Waals surface area (Å²) in [5.74, 6) is 3.01. The maximum absolute atomic E-state index is 6.74. The van der Waals surface area contributed by atoms with Crippen LogP contribution in [0.3, 0.4) is 0 Å². The highest BCUT2D eigenvalue weighted by Crippen LogP contribution is 2.43. The van der Waals surface area contributed by atoms with E-state index in [1.807, 2.05) is 0 Å². The SMILES string of the molecule is CCOC(CC)(CC)C(N)C1CCOC2(CCSCC2)C1. The molecule has 21 heavy (non-hydrogen) atoms. The van der Waals surface area contributed by atoms with Gasteiger partial charge in [0.15, 0.2) is 0 Å². The molecule has 2 atom stereocenters. The van der Waals surface area contributed by atoms with Crippen molar-refractivity contribution in [1.82, 2.24) is 0 Å². The van der Waals surface area contributed by atoms with Crippen LogP contribution in [-0.4, -0.2) is 42.0 Å². The fraction of sp³-hybridized carbons (Fsp3) is 1.00. The highest BCUT2D eigenvalue weighted by Gasteiger charge is 2.45. The predicted molar refractivity (Wildman–Crippen MR) is 90.9 cm³/mol. The fourth-order valence-electron chi connectivity index (χ4n) is 4.20. The van der Waals surface area contributed by atoms with Crippen molar-refractivity contribution in [2.24, 2.45) is 11.7 Å². The number of ether oxygens (including phenoxy) is 2. The molecule has 0 aromatic heterocycles. The van der Waals surface area contributed by atoms with Crippen LogP contribution in [0, 0.1) is 5.92 Å². The first-order valence-corrected chi connectivity index (χ1v) is 9.88. The van der Waals surface area contributed by atoms with Crippen LogP contribution >= 0.6 is 11.8 Å². The average molecular weight is 316 g/mol. The van der Waals surface area contributed by atoms with Gasteiger partial charge in [-0.25, -0.2) is 0 Å². The molecule has 1 spiro atoms. The van der Waals surface area contributed by atoms with E-state index in [9.17, 15) is 0 Å². The lowest BCUT2D eigenvalue weighted by Crippen LogP contribution is -2.57. The lowest BCUT2D eigenvalue weighted by atomic mass is 9.72. The summed E-state index contributed by atoms with van der Waals surface area (Å²) in [7, 11) is 0. The second kappa shape index (κ2) is 7.67. The molecule has 4 heteroatoms. The maximum Gasteiger partial charge on any atom is 0.0829 e. The van der Waals surface area contributed by atoms with Crippen LogP contribution in [0.5, 0.6) is 0 Å². The zero-order valence-corrected chi connectivity index (χ0v) is 14.8. The molecule has 2 aliphatic rings. The molecule has 0 amide bonds.